The number of ether oxygens (including phenoxy) is 4. The van der Waals surface area contributed by atoms with Crippen LogP contribution in [0.15, 0.2) is 158 Å². The molecule has 0 amide bonds. The van der Waals surface area contributed by atoms with E-state index in [-0.39, 0.29) is 26.4 Å². The molecular formula is C46H38O8. The molecule has 0 bridgehead atoms. The van der Waals surface area contributed by atoms with Crippen LogP contribution in [0.25, 0.3) is 24.3 Å². The first-order valence-electron chi connectivity index (χ1n) is 17.1. The zero-order chi connectivity index (χ0) is 37.8. The highest BCUT2D eigenvalue weighted by molar-refractivity contribution is 5.88. The predicted octanol–water partition coefficient (Wildman–Crippen LogP) is 8.71. The lowest BCUT2D eigenvalue weighted by Crippen LogP contribution is -2.12. The molecule has 0 N–H and O–H groups in total. The number of carbonyl (C=O) groups is 4. The van der Waals surface area contributed by atoms with E-state index in [1.165, 1.54) is 24.3 Å². The van der Waals surface area contributed by atoms with E-state index in [1.807, 2.05) is 121 Å². The average Bonchev–Trinajstić information content (AvgIpc) is 3.22. The number of rotatable bonds is 16. The first-order valence-corrected chi connectivity index (χ1v) is 17.1. The van der Waals surface area contributed by atoms with Gasteiger partial charge in [-0.25, -0.2) is 19.2 Å². The summed E-state index contributed by atoms with van der Waals surface area (Å²) in [6.45, 7) is -0.724. The zero-order valence-electron chi connectivity index (χ0n) is 29.4. The maximum Gasteiger partial charge on any atom is 0.331 e. The maximum atomic E-state index is 12.7. The van der Waals surface area contributed by atoms with Gasteiger partial charge in [-0.1, -0.05) is 121 Å². The molecule has 8 heteroatoms. The zero-order valence-corrected chi connectivity index (χ0v) is 29.4. The third kappa shape index (κ3) is 13.2. The van der Waals surface area contributed by atoms with Crippen molar-refractivity contribution in [1.29, 1.82) is 0 Å². The van der Waals surface area contributed by atoms with Crippen LogP contribution in [0.2, 0.25) is 0 Å². The molecule has 0 fully saturated rings. The maximum absolute atomic E-state index is 12.7. The molecule has 0 aliphatic rings. The van der Waals surface area contributed by atoms with E-state index in [1.54, 1.807) is 36.4 Å². The van der Waals surface area contributed by atoms with E-state index >= 15 is 0 Å². The van der Waals surface area contributed by atoms with E-state index in [0.717, 1.165) is 22.3 Å². The van der Waals surface area contributed by atoms with Gasteiger partial charge in [0.15, 0.2) is 0 Å². The van der Waals surface area contributed by atoms with Crippen molar-refractivity contribution in [2.75, 3.05) is 0 Å². The Kier molecular flexibility index (Phi) is 14.6. The van der Waals surface area contributed by atoms with Gasteiger partial charge in [-0.15, -0.1) is 0 Å². The molecule has 0 atom stereocenters. The number of hydrogen-bond donors (Lipinski definition) is 0. The van der Waals surface area contributed by atoms with Gasteiger partial charge < -0.3 is 18.9 Å². The van der Waals surface area contributed by atoms with Crippen LogP contribution in [0.1, 0.15) is 44.5 Å². The Morgan fingerprint density at radius 1 is 0.333 bits per heavy atom. The van der Waals surface area contributed by atoms with Gasteiger partial charge in [-0.3, -0.25) is 0 Å². The fraction of sp³-hybridized carbons (Fsp3) is 0.0870. The molecule has 5 aromatic carbocycles. The molecule has 270 valence electrons. The Balaban J connectivity index is 1.38. The van der Waals surface area contributed by atoms with Crippen molar-refractivity contribution < 1.29 is 38.1 Å². The minimum atomic E-state index is -0.588. The van der Waals surface area contributed by atoms with Gasteiger partial charge >= 0.3 is 23.9 Å². The molecule has 8 nitrogen and oxygen atoms in total. The minimum Gasteiger partial charge on any atom is -0.458 e. The number of carbonyl (C=O) groups excluding carboxylic acids is 4. The molecule has 0 aromatic heterocycles. The van der Waals surface area contributed by atoms with E-state index in [0.29, 0.717) is 22.3 Å². The predicted molar refractivity (Wildman–Crippen MR) is 208 cm³/mol. The van der Waals surface area contributed by atoms with Crippen LogP contribution in [-0.4, -0.2) is 23.9 Å². The Labute approximate surface area is 314 Å². The molecular weight excluding hydrogens is 680 g/mol. The molecule has 0 aliphatic heterocycles. The number of esters is 4. The second kappa shape index (κ2) is 20.7. The molecule has 0 saturated heterocycles. The summed E-state index contributed by atoms with van der Waals surface area (Å²) in [6, 6.07) is 40.6. The normalized spacial score (nSPS) is 11.3. The monoisotopic (exact) mass is 718 g/mol. The lowest BCUT2D eigenvalue weighted by Gasteiger charge is -2.17. The SMILES string of the molecule is O=C(/C=C/c1ccccc1)OCc1cc(COC(=O)/C=C/c2ccccc2)c(COC(=O)/C=C/c2ccccc2)cc1COC(=O)/C=C/c1ccccc1. The summed E-state index contributed by atoms with van der Waals surface area (Å²) in [6.07, 6.45) is 11.8. The smallest absolute Gasteiger partial charge is 0.331 e. The molecule has 54 heavy (non-hydrogen) atoms. The molecule has 0 saturated carbocycles. The average molecular weight is 719 g/mol. The van der Waals surface area contributed by atoms with Crippen molar-refractivity contribution in [3.63, 3.8) is 0 Å². The fourth-order valence-electron chi connectivity index (χ4n) is 5.03. The van der Waals surface area contributed by atoms with Gasteiger partial charge in [-0.05, 0) is 80.9 Å². The highest BCUT2D eigenvalue weighted by Gasteiger charge is 2.16. The summed E-state index contributed by atoms with van der Waals surface area (Å²) in [5.41, 5.74) is 5.31. The van der Waals surface area contributed by atoms with Crippen LogP contribution in [-0.2, 0) is 64.6 Å². The Bertz CT molecular complexity index is 1810. The second-order valence-electron chi connectivity index (χ2n) is 11.8. The van der Waals surface area contributed by atoms with Crippen LogP contribution in [0.4, 0.5) is 0 Å². The third-order valence-electron chi connectivity index (χ3n) is 7.85. The molecule has 0 heterocycles. The van der Waals surface area contributed by atoms with Gasteiger partial charge in [0, 0.05) is 24.3 Å². The molecule has 0 unspecified atom stereocenters. The van der Waals surface area contributed by atoms with Crippen LogP contribution in [0.5, 0.6) is 0 Å². The summed E-state index contributed by atoms with van der Waals surface area (Å²) in [5.74, 6) is -2.35. The molecule has 5 rings (SSSR count). The van der Waals surface area contributed by atoms with Crippen LogP contribution in [0, 0.1) is 0 Å². The van der Waals surface area contributed by atoms with Crippen LogP contribution < -0.4 is 0 Å². The quantitative estimate of drug-likeness (QED) is 0.0567. The van der Waals surface area contributed by atoms with E-state index in [4.69, 9.17) is 18.9 Å². The summed E-state index contributed by atoms with van der Waals surface area (Å²) in [7, 11) is 0. The van der Waals surface area contributed by atoms with Crippen molar-refractivity contribution in [2.24, 2.45) is 0 Å². The van der Waals surface area contributed by atoms with E-state index < -0.39 is 23.9 Å². The largest absolute Gasteiger partial charge is 0.458 e. The topological polar surface area (TPSA) is 105 Å². The summed E-state index contributed by atoms with van der Waals surface area (Å²) >= 11 is 0. The standard InChI is InChI=1S/C46H38O8/c47-43(25-21-35-13-5-1-6-14-35)51-31-39-29-41(33-53-45(49)27-23-37-17-9-3-10-18-37)42(34-54-46(50)28-24-38-19-11-4-12-20-38)30-40(39)32-52-44(48)26-22-36-15-7-2-8-16-36/h1-30H,31-34H2/b25-21+,26-22+,27-23+,28-24+. The molecule has 0 radical (unpaired) electrons. The van der Waals surface area contributed by atoms with Gasteiger partial charge in [0.05, 0.1) is 0 Å². The number of benzene rings is 5. The fourth-order valence-corrected chi connectivity index (χ4v) is 5.03. The van der Waals surface area contributed by atoms with E-state index in [2.05, 4.69) is 0 Å². The summed E-state index contributed by atoms with van der Waals surface area (Å²) < 4.78 is 22.4. The Hall–Kier alpha value is -7.06. The summed E-state index contributed by atoms with van der Waals surface area (Å²) in [5, 5.41) is 0. The lowest BCUT2D eigenvalue weighted by molar-refractivity contribution is -0.140. The molecule has 5 aromatic rings. The third-order valence-corrected chi connectivity index (χ3v) is 7.85. The lowest BCUT2D eigenvalue weighted by atomic mass is 9.99. The minimum absolute atomic E-state index is 0.181. The van der Waals surface area contributed by atoms with Gasteiger partial charge in [0.2, 0.25) is 0 Å². The highest BCUT2D eigenvalue weighted by Crippen LogP contribution is 2.23. The van der Waals surface area contributed by atoms with Crippen LogP contribution in [0.3, 0.4) is 0 Å². The van der Waals surface area contributed by atoms with Crippen molar-refractivity contribution in [3.8, 4) is 0 Å². The molecule has 0 spiro atoms. The van der Waals surface area contributed by atoms with Crippen LogP contribution >= 0.6 is 0 Å². The van der Waals surface area contributed by atoms with Crippen molar-refractivity contribution in [2.45, 2.75) is 26.4 Å². The van der Waals surface area contributed by atoms with Gasteiger partial charge in [-0.2, -0.15) is 0 Å². The van der Waals surface area contributed by atoms with Gasteiger partial charge in [0.25, 0.3) is 0 Å². The number of hydrogen-bond acceptors (Lipinski definition) is 8. The van der Waals surface area contributed by atoms with E-state index in [9.17, 15) is 19.2 Å². The first kappa shape index (κ1) is 38.2. The Morgan fingerprint density at radius 2 is 0.537 bits per heavy atom. The Morgan fingerprint density at radius 3 is 0.741 bits per heavy atom. The summed E-state index contributed by atoms with van der Waals surface area (Å²) in [4.78, 5) is 51.0. The molecule has 0 aliphatic carbocycles. The van der Waals surface area contributed by atoms with Gasteiger partial charge in [0.1, 0.15) is 26.4 Å². The highest BCUT2D eigenvalue weighted by atomic mass is 16.5. The van der Waals surface area contributed by atoms with Crippen molar-refractivity contribution >= 4 is 48.2 Å². The first-order chi connectivity index (χ1) is 26.4. The van der Waals surface area contributed by atoms with Crippen molar-refractivity contribution in [1.82, 2.24) is 0 Å². The van der Waals surface area contributed by atoms with Crippen molar-refractivity contribution in [3.05, 3.63) is 202 Å². The second-order valence-corrected chi connectivity index (χ2v) is 11.8.